The fourth-order valence-corrected chi connectivity index (χ4v) is 3.70. The number of amides is 1. The third-order valence-corrected chi connectivity index (χ3v) is 4.77. The standard InChI is InChI=1S/C20H22N2O2S/c1-4-13-22-17-7-5-6-8-18(17)25-20(22)21-19(23)15-9-11-16(12-10-15)24-14(2)3/h5-12,14H,4,13H2,1-3H3. The van der Waals surface area contributed by atoms with Crippen LogP contribution in [0.15, 0.2) is 53.5 Å². The second-order valence-corrected chi connectivity index (χ2v) is 7.12. The average molecular weight is 354 g/mol. The van der Waals surface area contributed by atoms with Gasteiger partial charge in [-0.2, -0.15) is 4.99 Å². The molecule has 0 saturated carbocycles. The van der Waals surface area contributed by atoms with Crippen molar-refractivity contribution in [2.75, 3.05) is 0 Å². The number of hydrogen-bond donors (Lipinski definition) is 0. The summed E-state index contributed by atoms with van der Waals surface area (Å²) >= 11 is 1.55. The molecule has 0 spiro atoms. The maximum Gasteiger partial charge on any atom is 0.279 e. The largest absolute Gasteiger partial charge is 0.491 e. The highest BCUT2D eigenvalue weighted by Gasteiger charge is 2.09. The molecule has 1 amide bonds. The van der Waals surface area contributed by atoms with Gasteiger partial charge in [-0.05, 0) is 56.7 Å². The molecule has 0 aliphatic heterocycles. The molecule has 0 bridgehead atoms. The summed E-state index contributed by atoms with van der Waals surface area (Å²) in [5.74, 6) is 0.530. The number of fused-ring (bicyclic) bond motifs is 1. The van der Waals surface area contributed by atoms with E-state index < -0.39 is 0 Å². The van der Waals surface area contributed by atoms with Crippen LogP contribution in [0.4, 0.5) is 0 Å². The Hall–Kier alpha value is -2.40. The quantitative estimate of drug-likeness (QED) is 0.670. The number of ether oxygens (including phenoxy) is 1. The van der Waals surface area contributed by atoms with Crippen molar-refractivity contribution in [3.8, 4) is 5.75 Å². The lowest BCUT2D eigenvalue weighted by molar-refractivity contribution is 0.0998. The van der Waals surface area contributed by atoms with Crippen LogP contribution in [0.2, 0.25) is 0 Å². The van der Waals surface area contributed by atoms with E-state index in [0.29, 0.717) is 5.56 Å². The van der Waals surface area contributed by atoms with Gasteiger partial charge >= 0.3 is 0 Å². The molecule has 1 aromatic heterocycles. The van der Waals surface area contributed by atoms with E-state index in [1.54, 1.807) is 23.5 Å². The van der Waals surface area contributed by atoms with Gasteiger partial charge in [-0.3, -0.25) is 4.79 Å². The van der Waals surface area contributed by atoms with Crippen molar-refractivity contribution < 1.29 is 9.53 Å². The minimum absolute atomic E-state index is 0.109. The van der Waals surface area contributed by atoms with Crippen molar-refractivity contribution in [2.45, 2.75) is 39.8 Å². The minimum atomic E-state index is -0.229. The van der Waals surface area contributed by atoms with Crippen LogP contribution in [0.3, 0.4) is 0 Å². The van der Waals surface area contributed by atoms with Crippen LogP contribution in [-0.4, -0.2) is 16.6 Å². The van der Waals surface area contributed by atoms with E-state index in [9.17, 15) is 4.79 Å². The van der Waals surface area contributed by atoms with E-state index in [-0.39, 0.29) is 12.0 Å². The molecule has 0 N–H and O–H groups in total. The average Bonchev–Trinajstić information content (AvgIpc) is 2.93. The first-order chi connectivity index (χ1) is 12.1. The summed E-state index contributed by atoms with van der Waals surface area (Å²) in [5.41, 5.74) is 1.69. The van der Waals surface area contributed by atoms with Gasteiger partial charge in [-0.1, -0.05) is 30.4 Å². The van der Waals surface area contributed by atoms with E-state index in [1.807, 2.05) is 38.1 Å². The predicted octanol–water partition coefficient (Wildman–Crippen LogP) is 4.64. The van der Waals surface area contributed by atoms with Gasteiger partial charge in [0, 0.05) is 12.1 Å². The third-order valence-electron chi connectivity index (χ3n) is 3.71. The molecule has 3 aromatic rings. The van der Waals surface area contributed by atoms with Crippen LogP contribution in [-0.2, 0) is 6.54 Å². The molecule has 0 atom stereocenters. The van der Waals surface area contributed by atoms with E-state index in [4.69, 9.17) is 4.74 Å². The molecular weight excluding hydrogens is 332 g/mol. The lowest BCUT2D eigenvalue weighted by Gasteiger charge is -2.09. The van der Waals surface area contributed by atoms with Crippen LogP contribution < -0.4 is 9.54 Å². The molecule has 3 rings (SSSR count). The maximum atomic E-state index is 12.6. The first-order valence-electron chi connectivity index (χ1n) is 8.52. The summed E-state index contributed by atoms with van der Waals surface area (Å²) in [7, 11) is 0. The van der Waals surface area contributed by atoms with Gasteiger partial charge in [0.1, 0.15) is 5.75 Å². The summed E-state index contributed by atoms with van der Waals surface area (Å²) < 4.78 is 8.88. The molecule has 25 heavy (non-hydrogen) atoms. The Bertz CT molecular complexity index is 936. The van der Waals surface area contributed by atoms with Crippen molar-refractivity contribution in [3.63, 3.8) is 0 Å². The van der Waals surface area contributed by atoms with Crippen LogP contribution in [0, 0.1) is 0 Å². The van der Waals surface area contributed by atoms with Gasteiger partial charge in [0.2, 0.25) is 0 Å². The topological polar surface area (TPSA) is 43.6 Å². The zero-order valence-electron chi connectivity index (χ0n) is 14.7. The summed E-state index contributed by atoms with van der Waals surface area (Å²) in [6.45, 7) is 6.92. The molecule has 130 valence electrons. The van der Waals surface area contributed by atoms with Gasteiger partial charge in [-0.25, -0.2) is 0 Å². The van der Waals surface area contributed by atoms with Crippen molar-refractivity contribution in [2.24, 2.45) is 4.99 Å². The molecule has 0 unspecified atom stereocenters. The molecule has 1 heterocycles. The Balaban J connectivity index is 1.95. The van der Waals surface area contributed by atoms with E-state index in [2.05, 4.69) is 28.6 Å². The Morgan fingerprint density at radius 1 is 1.16 bits per heavy atom. The van der Waals surface area contributed by atoms with Crippen LogP contribution >= 0.6 is 11.3 Å². The van der Waals surface area contributed by atoms with Crippen molar-refractivity contribution >= 4 is 27.5 Å². The lowest BCUT2D eigenvalue weighted by atomic mass is 10.2. The Morgan fingerprint density at radius 3 is 2.56 bits per heavy atom. The number of carbonyl (C=O) groups excluding carboxylic acids is 1. The number of hydrogen-bond acceptors (Lipinski definition) is 3. The summed E-state index contributed by atoms with van der Waals surface area (Å²) in [4.78, 5) is 17.7. The summed E-state index contributed by atoms with van der Waals surface area (Å²) in [5, 5.41) is 0. The van der Waals surface area contributed by atoms with Crippen LogP contribution in [0.5, 0.6) is 5.75 Å². The van der Waals surface area contributed by atoms with Crippen molar-refractivity contribution in [1.82, 2.24) is 4.57 Å². The van der Waals surface area contributed by atoms with Gasteiger partial charge in [-0.15, -0.1) is 0 Å². The van der Waals surface area contributed by atoms with E-state index in [1.165, 1.54) is 0 Å². The molecule has 0 saturated heterocycles. The fourth-order valence-electron chi connectivity index (χ4n) is 2.65. The molecular formula is C20H22N2O2S. The van der Waals surface area contributed by atoms with Gasteiger partial charge in [0.05, 0.1) is 16.3 Å². The number of para-hydroxylation sites is 1. The van der Waals surface area contributed by atoms with Crippen LogP contribution in [0.1, 0.15) is 37.6 Å². The molecule has 4 nitrogen and oxygen atoms in total. The lowest BCUT2D eigenvalue weighted by Crippen LogP contribution is -2.16. The first-order valence-corrected chi connectivity index (χ1v) is 9.34. The number of nitrogens with zero attached hydrogens (tertiary/aromatic N) is 2. The normalized spacial score (nSPS) is 12.1. The number of carbonyl (C=O) groups is 1. The SMILES string of the molecule is CCCn1c(=NC(=O)c2ccc(OC(C)C)cc2)sc2ccccc21. The molecule has 0 fully saturated rings. The zero-order valence-corrected chi connectivity index (χ0v) is 15.5. The van der Waals surface area contributed by atoms with E-state index in [0.717, 1.165) is 33.7 Å². The third kappa shape index (κ3) is 3.99. The molecule has 0 aliphatic carbocycles. The minimum Gasteiger partial charge on any atom is -0.491 e. The number of aromatic nitrogens is 1. The Kier molecular flexibility index (Phi) is 5.34. The number of rotatable bonds is 5. The molecule has 2 aromatic carbocycles. The molecule has 5 heteroatoms. The highest BCUT2D eigenvalue weighted by atomic mass is 32.1. The highest BCUT2D eigenvalue weighted by molar-refractivity contribution is 7.16. The first kappa shape index (κ1) is 17.4. The fraction of sp³-hybridized carbons (Fsp3) is 0.300. The Morgan fingerprint density at radius 2 is 1.88 bits per heavy atom. The van der Waals surface area contributed by atoms with Crippen molar-refractivity contribution in [1.29, 1.82) is 0 Å². The van der Waals surface area contributed by atoms with Crippen molar-refractivity contribution in [3.05, 3.63) is 58.9 Å². The summed E-state index contributed by atoms with van der Waals surface area (Å²) in [6.07, 6.45) is 1.10. The monoisotopic (exact) mass is 354 g/mol. The number of aryl methyl sites for hydroxylation is 1. The van der Waals surface area contributed by atoms with Crippen LogP contribution in [0.25, 0.3) is 10.2 Å². The Labute approximate surface area is 151 Å². The number of benzene rings is 2. The smallest absolute Gasteiger partial charge is 0.279 e. The molecule has 0 radical (unpaired) electrons. The van der Waals surface area contributed by atoms with Gasteiger partial charge in [0.15, 0.2) is 4.80 Å². The summed E-state index contributed by atoms with van der Waals surface area (Å²) in [6, 6.07) is 15.3. The molecule has 0 aliphatic rings. The zero-order chi connectivity index (χ0) is 17.8. The van der Waals surface area contributed by atoms with E-state index >= 15 is 0 Å². The second kappa shape index (κ2) is 7.66. The van der Waals surface area contributed by atoms with Gasteiger partial charge in [0.25, 0.3) is 5.91 Å². The second-order valence-electron chi connectivity index (χ2n) is 6.11. The number of thiazole rings is 1. The predicted molar refractivity (Wildman–Crippen MR) is 102 cm³/mol. The van der Waals surface area contributed by atoms with Gasteiger partial charge < -0.3 is 9.30 Å². The highest BCUT2D eigenvalue weighted by Crippen LogP contribution is 2.18. The maximum absolute atomic E-state index is 12.6.